The van der Waals surface area contributed by atoms with Crippen LogP contribution in [0.4, 0.5) is 4.39 Å². The molecular formula is C33H30FNO5P+. The van der Waals surface area contributed by atoms with E-state index in [4.69, 9.17) is 11.4 Å². The number of aromatic nitrogens is 1. The summed E-state index contributed by atoms with van der Waals surface area (Å²) in [6.07, 6.45) is 5.26. The molecule has 4 rings (SSSR count). The van der Waals surface area contributed by atoms with Crippen molar-refractivity contribution in [2.45, 2.75) is 44.4 Å². The first kappa shape index (κ1) is 29.8. The van der Waals surface area contributed by atoms with E-state index in [1.54, 1.807) is 24.3 Å². The number of carbonyl (C=O) groups excluding carboxylic acids is 1. The summed E-state index contributed by atoms with van der Waals surface area (Å²) in [5, 5.41) is 11.0. The monoisotopic (exact) mass is 570 g/mol. The summed E-state index contributed by atoms with van der Waals surface area (Å²) in [6.45, 7) is 3.78. The van der Waals surface area contributed by atoms with E-state index in [9.17, 15) is 23.7 Å². The van der Waals surface area contributed by atoms with Crippen molar-refractivity contribution >= 4 is 14.0 Å². The van der Waals surface area contributed by atoms with Gasteiger partial charge < -0.3 is 9.84 Å². The molecule has 8 heteroatoms. The second-order valence-electron chi connectivity index (χ2n) is 9.95. The molecule has 0 bridgehead atoms. The first-order valence-electron chi connectivity index (χ1n) is 13.1. The van der Waals surface area contributed by atoms with Gasteiger partial charge in [0.15, 0.2) is 0 Å². The third-order valence-electron chi connectivity index (χ3n) is 6.77. The van der Waals surface area contributed by atoms with Gasteiger partial charge in [-0.15, -0.1) is 0 Å². The Labute approximate surface area is 239 Å². The molecule has 6 nitrogen and oxygen atoms in total. The Morgan fingerprint density at radius 3 is 2.32 bits per heavy atom. The predicted molar refractivity (Wildman–Crippen MR) is 157 cm³/mol. The molecule has 0 aliphatic rings. The summed E-state index contributed by atoms with van der Waals surface area (Å²) in [4.78, 5) is 27.5. The standard InChI is InChI=1S/C33H29FNO5P/c1-4-40-30(37)20-29(36)33(41(38)39)31-27(23-14-16-25(34)17-15-23)19-28(35-32(31)21(2)3)26-13-9-8-12-24(26)18-22-10-6-5-7-11-22/h1,5-17,19,21,29,33,36H,18,20H2,2-3H3/p+1. The van der Waals surface area contributed by atoms with Gasteiger partial charge in [0.1, 0.15) is 18.0 Å². The molecule has 0 aliphatic carbocycles. The van der Waals surface area contributed by atoms with Gasteiger partial charge in [-0.3, -0.25) is 9.78 Å². The van der Waals surface area contributed by atoms with Crippen LogP contribution < -0.4 is 0 Å². The van der Waals surface area contributed by atoms with E-state index in [1.807, 2.05) is 68.4 Å². The number of aliphatic hydroxyl groups is 1. The Balaban J connectivity index is 1.96. The van der Waals surface area contributed by atoms with E-state index in [0.717, 1.165) is 16.7 Å². The minimum atomic E-state index is -3.05. The summed E-state index contributed by atoms with van der Waals surface area (Å²) in [5.41, 5.74) is 4.09. The second kappa shape index (κ2) is 13.4. The number of nitrogens with zero attached hydrogens (tertiary/aromatic N) is 1. The third-order valence-corrected chi connectivity index (χ3v) is 7.85. The number of halogens is 1. The lowest BCUT2D eigenvalue weighted by atomic mass is 9.87. The first-order valence-corrected chi connectivity index (χ1v) is 14.4. The molecule has 0 spiro atoms. The minimum Gasteiger partial charge on any atom is -0.387 e. The molecule has 0 fully saturated rings. The zero-order chi connectivity index (χ0) is 29.5. The number of terminal acetylenes is 1. The number of aliphatic hydroxyl groups excluding tert-OH is 1. The van der Waals surface area contributed by atoms with E-state index < -0.39 is 38.0 Å². The molecule has 0 radical (unpaired) electrons. The number of hydrogen-bond donors (Lipinski definition) is 2. The summed E-state index contributed by atoms with van der Waals surface area (Å²) in [5.74, 6) is -1.59. The molecule has 208 valence electrons. The van der Waals surface area contributed by atoms with Crippen molar-refractivity contribution in [3.05, 3.63) is 113 Å². The number of esters is 1. The minimum absolute atomic E-state index is 0.243. The molecule has 41 heavy (non-hydrogen) atoms. The fourth-order valence-electron chi connectivity index (χ4n) is 4.91. The lowest BCUT2D eigenvalue weighted by Crippen LogP contribution is -2.23. The molecule has 0 saturated heterocycles. The molecule has 2 N–H and O–H groups in total. The summed E-state index contributed by atoms with van der Waals surface area (Å²) >= 11 is 0. The van der Waals surface area contributed by atoms with Gasteiger partial charge in [0.05, 0.1) is 17.8 Å². The molecule has 0 amide bonds. The summed E-state index contributed by atoms with van der Waals surface area (Å²) < 4.78 is 31.3. The van der Waals surface area contributed by atoms with E-state index in [-0.39, 0.29) is 5.92 Å². The van der Waals surface area contributed by atoms with Gasteiger partial charge in [0.25, 0.3) is 0 Å². The highest BCUT2D eigenvalue weighted by molar-refractivity contribution is 7.38. The average Bonchev–Trinajstić information content (AvgIpc) is 2.94. The Morgan fingerprint density at radius 2 is 1.68 bits per heavy atom. The van der Waals surface area contributed by atoms with Crippen molar-refractivity contribution in [3.8, 4) is 34.9 Å². The average molecular weight is 571 g/mol. The first-order chi connectivity index (χ1) is 19.7. The van der Waals surface area contributed by atoms with E-state index in [1.165, 1.54) is 12.1 Å². The fourth-order valence-corrected chi connectivity index (χ4v) is 5.80. The van der Waals surface area contributed by atoms with E-state index in [0.29, 0.717) is 34.5 Å². The maximum absolute atomic E-state index is 13.9. The van der Waals surface area contributed by atoms with Crippen LogP contribution in [0.25, 0.3) is 22.4 Å². The van der Waals surface area contributed by atoms with Gasteiger partial charge in [-0.05, 0) is 57.4 Å². The van der Waals surface area contributed by atoms with Crippen LogP contribution in [0.3, 0.4) is 0 Å². The molecular weight excluding hydrogens is 540 g/mol. The third kappa shape index (κ3) is 7.11. The van der Waals surface area contributed by atoms with Crippen molar-refractivity contribution in [3.63, 3.8) is 0 Å². The Hall–Kier alpha value is -4.21. The highest BCUT2D eigenvalue weighted by Gasteiger charge is 2.44. The van der Waals surface area contributed by atoms with Crippen molar-refractivity contribution in [2.75, 3.05) is 0 Å². The molecule has 1 aromatic heterocycles. The van der Waals surface area contributed by atoms with Crippen molar-refractivity contribution < 1.29 is 28.5 Å². The molecule has 1 heterocycles. The van der Waals surface area contributed by atoms with Gasteiger partial charge in [-0.25, -0.2) is 4.39 Å². The Morgan fingerprint density at radius 1 is 1.02 bits per heavy atom. The van der Waals surface area contributed by atoms with E-state index in [2.05, 4.69) is 4.74 Å². The van der Waals surface area contributed by atoms with Gasteiger partial charge in [-0.1, -0.05) is 87.0 Å². The lowest BCUT2D eigenvalue weighted by molar-refractivity contribution is -0.139. The van der Waals surface area contributed by atoms with Crippen LogP contribution >= 0.6 is 8.03 Å². The quantitative estimate of drug-likeness (QED) is 0.122. The highest BCUT2D eigenvalue weighted by atomic mass is 31.1. The fraction of sp³-hybridized carbons (Fsp3) is 0.212. The molecule has 3 atom stereocenters. The van der Waals surface area contributed by atoms with Crippen molar-refractivity contribution in [2.24, 2.45) is 0 Å². The van der Waals surface area contributed by atoms with Gasteiger partial charge >= 0.3 is 14.0 Å². The lowest BCUT2D eigenvalue weighted by Gasteiger charge is -2.23. The van der Waals surface area contributed by atoms with Crippen LogP contribution in [0.1, 0.15) is 54.2 Å². The largest absolute Gasteiger partial charge is 0.516 e. The normalized spacial score (nSPS) is 12.9. The van der Waals surface area contributed by atoms with Crippen LogP contribution in [0.2, 0.25) is 0 Å². The number of pyridine rings is 1. The predicted octanol–water partition coefficient (Wildman–Crippen LogP) is 6.93. The highest BCUT2D eigenvalue weighted by Crippen LogP contribution is 2.48. The van der Waals surface area contributed by atoms with Gasteiger partial charge in [-0.2, -0.15) is 4.89 Å². The molecule has 3 unspecified atom stereocenters. The SMILES string of the molecule is C#COC(=O)CC(O)C(c1c(-c2ccc(F)cc2)cc(-c2ccccc2Cc2ccccc2)nc1C(C)C)[P+](=O)O. The van der Waals surface area contributed by atoms with Crippen LogP contribution in [0.15, 0.2) is 84.9 Å². The Bertz CT molecular complexity index is 1580. The van der Waals surface area contributed by atoms with Crippen molar-refractivity contribution in [1.29, 1.82) is 0 Å². The number of carbonyl (C=O) groups is 1. The second-order valence-corrected chi connectivity index (χ2v) is 11.1. The number of hydrogen-bond acceptors (Lipinski definition) is 5. The number of ether oxygens (including phenoxy) is 1. The van der Waals surface area contributed by atoms with Crippen molar-refractivity contribution in [1.82, 2.24) is 4.98 Å². The van der Waals surface area contributed by atoms with Crippen LogP contribution in [0, 0.1) is 18.3 Å². The van der Waals surface area contributed by atoms with E-state index >= 15 is 0 Å². The molecule has 0 saturated carbocycles. The van der Waals surface area contributed by atoms with Crippen LogP contribution in [-0.4, -0.2) is 27.1 Å². The van der Waals surface area contributed by atoms with Gasteiger partial charge in [0, 0.05) is 11.1 Å². The summed E-state index contributed by atoms with van der Waals surface area (Å²) in [6, 6.07) is 25.4. The zero-order valence-electron chi connectivity index (χ0n) is 22.7. The Kier molecular flexibility index (Phi) is 9.75. The summed E-state index contributed by atoms with van der Waals surface area (Å²) in [7, 11) is -3.05. The molecule has 0 aliphatic heterocycles. The topological polar surface area (TPSA) is 96.7 Å². The maximum atomic E-state index is 13.9. The maximum Gasteiger partial charge on any atom is 0.516 e. The number of benzene rings is 3. The zero-order valence-corrected chi connectivity index (χ0v) is 23.6. The van der Waals surface area contributed by atoms with Crippen LogP contribution in [-0.2, 0) is 20.5 Å². The molecule has 4 aromatic rings. The van der Waals surface area contributed by atoms with Crippen LogP contribution in [0.5, 0.6) is 0 Å². The molecule has 3 aromatic carbocycles. The van der Waals surface area contributed by atoms with Gasteiger partial charge in [0.2, 0.25) is 5.66 Å². The number of rotatable bonds is 10. The smallest absolute Gasteiger partial charge is 0.387 e.